The highest BCUT2D eigenvalue weighted by Gasteiger charge is 2.40. The number of alkyl halides is 3. The topological polar surface area (TPSA) is 126 Å². The van der Waals surface area contributed by atoms with Crippen LogP contribution in [0.15, 0.2) is 65.3 Å². The molecule has 0 bridgehead atoms. The van der Waals surface area contributed by atoms with E-state index in [-0.39, 0.29) is 35.1 Å². The van der Waals surface area contributed by atoms with Gasteiger partial charge in [0.25, 0.3) is 11.8 Å². The summed E-state index contributed by atoms with van der Waals surface area (Å²) in [7, 11) is 0. The second-order valence-corrected chi connectivity index (χ2v) is 8.63. The molecule has 3 N–H and O–H groups in total. The number of carbonyl (C=O) groups is 1. The first kappa shape index (κ1) is 25.1. The number of para-hydroxylation sites is 1. The highest BCUT2D eigenvalue weighted by atomic mass is 19.4. The molecule has 2 heterocycles. The van der Waals surface area contributed by atoms with Crippen LogP contribution in [0.25, 0.3) is 28.5 Å². The van der Waals surface area contributed by atoms with E-state index in [0.29, 0.717) is 5.56 Å². The van der Waals surface area contributed by atoms with Crippen LogP contribution in [-0.4, -0.2) is 48.2 Å². The van der Waals surface area contributed by atoms with Gasteiger partial charge < -0.3 is 20.1 Å². The maximum Gasteiger partial charge on any atom is 0.434 e. The Balaban J connectivity index is 1.60. The molecule has 0 fully saturated rings. The van der Waals surface area contributed by atoms with Crippen molar-refractivity contribution in [3.8, 4) is 28.5 Å². The standard InChI is InChI=1S/C24H22F3N5O4/c1-23(2,13-33)30-21(35)18(34)14-8-10-15(11-9-14)20-29-22(36-31-20)17-12-28-32(19(17)24(25,26)27)16-6-4-3-5-7-16/h3-12,18,33-34H,13H2,1-2H3,(H,30,35)/t18-/m1/s1. The fraction of sp³-hybridized carbons (Fsp3) is 0.250. The number of nitrogens with zero attached hydrogens (tertiary/aromatic N) is 4. The van der Waals surface area contributed by atoms with E-state index in [1.165, 1.54) is 36.4 Å². The van der Waals surface area contributed by atoms with Gasteiger partial charge >= 0.3 is 6.18 Å². The molecule has 0 spiro atoms. The molecule has 0 saturated carbocycles. The third-order valence-corrected chi connectivity index (χ3v) is 5.28. The Bertz CT molecular complexity index is 1350. The molecule has 0 aliphatic carbocycles. The fourth-order valence-electron chi connectivity index (χ4n) is 3.40. The zero-order valence-electron chi connectivity index (χ0n) is 19.2. The third kappa shape index (κ3) is 5.14. The normalized spacial score (nSPS) is 13.0. The fourth-order valence-corrected chi connectivity index (χ4v) is 3.40. The first-order chi connectivity index (χ1) is 17.0. The number of benzene rings is 2. The molecule has 2 aromatic heterocycles. The Hall–Kier alpha value is -4.03. The summed E-state index contributed by atoms with van der Waals surface area (Å²) in [5, 5.41) is 29.8. The first-order valence-corrected chi connectivity index (χ1v) is 10.8. The van der Waals surface area contributed by atoms with Gasteiger partial charge in [0.2, 0.25) is 5.82 Å². The maximum atomic E-state index is 13.9. The monoisotopic (exact) mass is 501 g/mol. The van der Waals surface area contributed by atoms with Gasteiger partial charge in [-0.05, 0) is 31.5 Å². The molecule has 0 aliphatic rings. The molecule has 0 aliphatic heterocycles. The van der Waals surface area contributed by atoms with Crippen LogP contribution >= 0.6 is 0 Å². The Morgan fingerprint density at radius 3 is 2.39 bits per heavy atom. The lowest BCUT2D eigenvalue weighted by molar-refractivity contribution is -0.142. The van der Waals surface area contributed by atoms with Crippen LogP contribution in [0, 0.1) is 0 Å². The van der Waals surface area contributed by atoms with Gasteiger partial charge in [-0.25, -0.2) is 4.68 Å². The Morgan fingerprint density at radius 1 is 1.11 bits per heavy atom. The second-order valence-electron chi connectivity index (χ2n) is 8.63. The zero-order chi connectivity index (χ0) is 26.1. The molecular formula is C24H22F3N5O4. The number of hydrogen-bond donors (Lipinski definition) is 3. The van der Waals surface area contributed by atoms with Crippen molar-refractivity contribution in [2.45, 2.75) is 31.7 Å². The molecule has 188 valence electrons. The van der Waals surface area contributed by atoms with Crippen molar-refractivity contribution in [1.82, 2.24) is 25.2 Å². The minimum atomic E-state index is -4.75. The Kier molecular flexibility index (Phi) is 6.65. The Morgan fingerprint density at radius 2 is 1.78 bits per heavy atom. The van der Waals surface area contributed by atoms with Crippen LogP contribution in [-0.2, 0) is 11.0 Å². The van der Waals surface area contributed by atoms with Crippen LogP contribution in [0.5, 0.6) is 0 Å². The van der Waals surface area contributed by atoms with Crippen LogP contribution in [0.2, 0.25) is 0 Å². The van der Waals surface area contributed by atoms with Gasteiger partial charge in [0.1, 0.15) is 0 Å². The summed E-state index contributed by atoms with van der Waals surface area (Å²) in [5.41, 5.74) is -1.48. The Labute approximate surface area is 203 Å². The zero-order valence-corrected chi connectivity index (χ0v) is 19.2. The molecule has 4 rings (SSSR count). The molecular weight excluding hydrogens is 479 g/mol. The van der Waals surface area contributed by atoms with Crippen molar-refractivity contribution in [1.29, 1.82) is 0 Å². The summed E-state index contributed by atoms with van der Waals surface area (Å²) in [5.74, 6) is -1.05. The van der Waals surface area contributed by atoms with Crippen LogP contribution < -0.4 is 5.32 Å². The molecule has 0 unspecified atom stereocenters. The molecule has 36 heavy (non-hydrogen) atoms. The van der Waals surface area contributed by atoms with Crippen LogP contribution in [0.1, 0.15) is 31.2 Å². The molecule has 9 nitrogen and oxygen atoms in total. The average Bonchev–Trinajstić information content (AvgIpc) is 3.51. The summed E-state index contributed by atoms with van der Waals surface area (Å²) in [4.78, 5) is 16.3. The lowest BCUT2D eigenvalue weighted by atomic mass is 10.0. The summed E-state index contributed by atoms with van der Waals surface area (Å²) < 4.78 is 47.7. The first-order valence-electron chi connectivity index (χ1n) is 10.8. The molecule has 1 amide bonds. The number of halogens is 3. The summed E-state index contributed by atoms with van der Waals surface area (Å²) >= 11 is 0. The number of amides is 1. The van der Waals surface area contributed by atoms with Crippen LogP contribution in [0.3, 0.4) is 0 Å². The van der Waals surface area contributed by atoms with E-state index in [9.17, 15) is 28.2 Å². The number of nitrogens with one attached hydrogen (secondary N) is 1. The van der Waals surface area contributed by atoms with Crippen molar-refractivity contribution < 1.29 is 32.7 Å². The van der Waals surface area contributed by atoms with Gasteiger partial charge in [0, 0.05) is 5.56 Å². The van der Waals surface area contributed by atoms with E-state index in [1.807, 2.05) is 0 Å². The van der Waals surface area contributed by atoms with Crippen molar-refractivity contribution >= 4 is 5.91 Å². The quantitative estimate of drug-likeness (QED) is 0.354. The van der Waals surface area contributed by atoms with Gasteiger partial charge in [-0.2, -0.15) is 23.3 Å². The van der Waals surface area contributed by atoms with Gasteiger partial charge in [-0.1, -0.05) is 47.6 Å². The van der Waals surface area contributed by atoms with Gasteiger partial charge in [0.15, 0.2) is 11.8 Å². The lowest BCUT2D eigenvalue weighted by Crippen LogP contribution is -2.48. The van der Waals surface area contributed by atoms with E-state index in [4.69, 9.17) is 4.52 Å². The largest absolute Gasteiger partial charge is 0.434 e. The molecule has 4 aromatic rings. The number of aromatic nitrogens is 4. The lowest BCUT2D eigenvalue weighted by Gasteiger charge is -2.25. The second kappa shape index (κ2) is 9.55. The third-order valence-electron chi connectivity index (χ3n) is 5.28. The SMILES string of the molecule is CC(C)(CO)NC(=O)[C@H](O)c1ccc(-c2noc(-c3cnn(-c4ccccc4)c3C(F)(F)F)n2)cc1. The summed E-state index contributed by atoms with van der Waals surface area (Å²) in [6.07, 6.45) is -5.23. The minimum absolute atomic E-state index is 0.0116. The van der Waals surface area contributed by atoms with E-state index < -0.39 is 29.4 Å². The molecule has 0 radical (unpaired) electrons. The van der Waals surface area contributed by atoms with E-state index in [0.717, 1.165) is 10.9 Å². The van der Waals surface area contributed by atoms with Crippen molar-refractivity contribution in [2.24, 2.45) is 0 Å². The van der Waals surface area contributed by atoms with Crippen molar-refractivity contribution in [2.75, 3.05) is 6.61 Å². The molecule has 0 saturated heterocycles. The summed E-state index contributed by atoms with van der Waals surface area (Å²) in [6.45, 7) is 2.88. The predicted molar refractivity (Wildman–Crippen MR) is 122 cm³/mol. The van der Waals surface area contributed by atoms with E-state index in [2.05, 4.69) is 20.6 Å². The number of hydrogen-bond acceptors (Lipinski definition) is 7. The van der Waals surface area contributed by atoms with Crippen LogP contribution in [0.4, 0.5) is 13.2 Å². The molecule has 12 heteroatoms. The highest BCUT2D eigenvalue weighted by Crippen LogP contribution is 2.38. The van der Waals surface area contributed by atoms with Gasteiger partial charge in [-0.3, -0.25) is 4.79 Å². The maximum absolute atomic E-state index is 13.9. The molecule has 2 aromatic carbocycles. The van der Waals surface area contributed by atoms with Crippen molar-refractivity contribution in [3.05, 3.63) is 72.1 Å². The van der Waals surface area contributed by atoms with Crippen molar-refractivity contribution in [3.63, 3.8) is 0 Å². The number of aliphatic hydroxyl groups is 2. The number of carbonyl (C=O) groups excluding carboxylic acids is 1. The van der Waals surface area contributed by atoms with Gasteiger partial charge in [-0.15, -0.1) is 0 Å². The van der Waals surface area contributed by atoms with E-state index >= 15 is 0 Å². The smallest absolute Gasteiger partial charge is 0.394 e. The van der Waals surface area contributed by atoms with Gasteiger partial charge in [0.05, 0.1) is 29.6 Å². The minimum Gasteiger partial charge on any atom is -0.394 e. The molecule has 1 atom stereocenters. The highest BCUT2D eigenvalue weighted by molar-refractivity contribution is 5.82. The summed E-state index contributed by atoms with van der Waals surface area (Å²) in [6, 6.07) is 13.8. The average molecular weight is 501 g/mol. The number of rotatable bonds is 7. The van der Waals surface area contributed by atoms with E-state index in [1.54, 1.807) is 32.0 Å². The number of aliphatic hydroxyl groups excluding tert-OH is 2. The predicted octanol–water partition coefficient (Wildman–Crippen LogP) is 3.53.